The molecule has 0 spiro atoms. The van der Waals surface area contributed by atoms with E-state index in [0.29, 0.717) is 64.8 Å². The molecule has 1 aliphatic rings. The van der Waals surface area contributed by atoms with E-state index in [1.54, 1.807) is 71.6 Å². The van der Waals surface area contributed by atoms with Crippen molar-refractivity contribution in [3.63, 3.8) is 0 Å². The van der Waals surface area contributed by atoms with Crippen molar-refractivity contribution in [2.75, 3.05) is 53.9 Å². The summed E-state index contributed by atoms with van der Waals surface area (Å²) in [6.07, 6.45) is 4.20. The molecule has 0 saturated heterocycles. The number of carbonyl (C=O) groups is 3. The lowest BCUT2D eigenvalue weighted by atomic mass is 10.1. The van der Waals surface area contributed by atoms with Crippen molar-refractivity contribution in [3.05, 3.63) is 82.9 Å². The number of fused-ring (bicyclic) bond motifs is 2. The molecule has 4 rings (SSSR count). The fraction of sp³-hybridized carbons (Fsp3) is 0.382. The van der Waals surface area contributed by atoms with Gasteiger partial charge in [-0.05, 0) is 93.5 Å². The van der Waals surface area contributed by atoms with Gasteiger partial charge in [0.05, 0.1) is 28.9 Å². The van der Waals surface area contributed by atoms with Crippen LogP contribution in [0.2, 0.25) is 5.02 Å². The van der Waals surface area contributed by atoms with Crippen molar-refractivity contribution in [2.24, 2.45) is 0 Å². The van der Waals surface area contributed by atoms with Gasteiger partial charge in [-0.2, -0.15) is 0 Å². The zero-order valence-electron chi connectivity index (χ0n) is 27.5. The molecule has 1 aliphatic heterocycles. The predicted molar refractivity (Wildman–Crippen MR) is 196 cm³/mol. The first kappa shape index (κ1) is 40.5. The Morgan fingerprint density at radius 1 is 0.875 bits per heavy atom. The van der Waals surface area contributed by atoms with Gasteiger partial charge < -0.3 is 20.6 Å². The summed E-state index contributed by atoms with van der Waals surface area (Å²) in [5, 5.41) is 3.33. The third-order valence-electron chi connectivity index (χ3n) is 7.92. The Morgan fingerprint density at radius 2 is 1.54 bits per heavy atom. The number of nitrogens with zero attached hydrogens (tertiary/aromatic N) is 3. The second kappa shape index (κ2) is 18.8. The van der Waals surface area contributed by atoms with Crippen molar-refractivity contribution in [1.29, 1.82) is 0 Å². The van der Waals surface area contributed by atoms with Crippen LogP contribution in [0.4, 0.5) is 22.7 Å². The topological polar surface area (TPSA) is 151 Å². The van der Waals surface area contributed by atoms with Gasteiger partial charge in [0.2, 0.25) is 15.9 Å². The van der Waals surface area contributed by atoms with Gasteiger partial charge in [-0.15, -0.1) is 12.4 Å². The summed E-state index contributed by atoms with van der Waals surface area (Å²) in [5.74, 6) is -0.556. The number of rotatable bonds is 15. The number of para-hydroxylation sites is 1. The van der Waals surface area contributed by atoms with Crippen LogP contribution in [0.15, 0.2) is 66.7 Å². The van der Waals surface area contributed by atoms with Crippen LogP contribution in [-0.2, 0) is 14.8 Å². The lowest BCUT2D eigenvalue weighted by Crippen LogP contribution is -2.35. The van der Waals surface area contributed by atoms with Gasteiger partial charge in [-0.1, -0.05) is 44.0 Å². The molecule has 0 aliphatic carbocycles. The van der Waals surface area contributed by atoms with E-state index >= 15 is 0 Å². The third kappa shape index (κ3) is 10.9. The first-order chi connectivity index (χ1) is 22.0. The normalized spacial score (nSPS) is 12.1. The maximum atomic E-state index is 13.7. The second-order valence-corrected chi connectivity index (χ2v) is 13.5. The van der Waals surface area contributed by atoms with E-state index in [2.05, 4.69) is 28.8 Å². The Balaban J connectivity index is 0.00000400. The molecule has 3 aromatic rings. The molecule has 0 radical (unpaired) electrons. The molecular formula is C34H45Cl2N5O6S. The fourth-order valence-electron chi connectivity index (χ4n) is 5.54. The van der Waals surface area contributed by atoms with Crippen LogP contribution >= 0.6 is 24.0 Å². The highest BCUT2D eigenvalue weighted by molar-refractivity contribution is 7.92. The molecule has 1 heterocycles. The van der Waals surface area contributed by atoms with E-state index < -0.39 is 10.0 Å². The summed E-state index contributed by atoms with van der Waals surface area (Å²) in [6, 6.07) is 18.5. The quantitative estimate of drug-likeness (QED) is 0.185. The maximum absolute atomic E-state index is 13.7. The van der Waals surface area contributed by atoms with Crippen molar-refractivity contribution in [1.82, 2.24) is 9.80 Å². The van der Waals surface area contributed by atoms with Gasteiger partial charge in [0, 0.05) is 35.8 Å². The number of sulfonamides is 1. The number of anilines is 4. The Labute approximate surface area is 294 Å². The Kier molecular flexibility index (Phi) is 15.8. The number of unbranched alkanes of at least 4 members (excludes halogenated alkanes) is 2. The Bertz CT molecular complexity index is 1650. The largest absolute Gasteiger partial charge is 0.412 e. The van der Waals surface area contributed by atoms with Crippen LogP contribution in [0.25, 0.3) is 0 Å². The van der Waals surface area contributed by atoms with Gasteiger partial charge in [0.25, 0.3) is 11.8 Å². The number of amides is 3. The van der Waals surface area contributed by atoms with E-state index in [4.69, 9.17) is 11.6 Å². The van der Waals surface area contributed by atoms with Crippen LogP contribution < -0.4 is 14.9 Å². The zero-order chi connectivity index (χ0) is 33.3. The predicted octanol–water partition coefficient (Wildman–Crippen LogP) is 5.97. The van der Waals surface area contributed by atoms with Crippen LogP contribution in [0, 0.1) is 0 Å². The highest BCUT2D eigenvalue weighted by Crippen LogP contribution is 2.39. The molecule has 0 bridgehead atoms. The summed E-state index contributed by atoms with van der Waals surface area (Å²) in [4.78, 5) is 45.9. The van der Waals surface area contributed by atoms with Gasteiger partial charge in [-0.25, -0.2) is 8.42 Å². The third-order valence-corrected chi connectivity index (χ3v) is 8.77. The Morgan fingerprint density at radius 3 is 2.21 bits per heavy atom. The summed E-state index contributed by atoms with van der Waals surface area (Å²) >= 11 is 6.20. The van der Waals surface area contributed by atoms with Gasteiger partial charge in [0.1, 0.15) is 0 Å². The number of carbonyl (C=O) groups excluding carboxylic acids is 3. The molecule has 3 aromatic carbocycles. The second-order valence-electron chi connectivity index (χ2n) is 11.3. The number of hydrogen-bond donors (Lipinski definition) is 2. The molecular weight excluding hydrogens is 677 g/mol. The first-order valence-corrected chi connectivity index (χ1v) is 17.9. The minimum atomic E-state index is -3.42. The zero-order valence-corrected chi connectivity index (χ0v) is 29.9. The fourth-order valence-corrected chi connectivity index (χ4v) is 6.27. The highest BCUT2D eigenvalue weighted by atomic mass is 35.5. The van der Waals surface area contributed by atoms with Gasteiger partial charge >= 0.3 is 0 Å². The minimum absolute atomic E-state index is 0. The van der Waals surface area contributed by atoms with Crippen molar-refractivity contribution < 1.29 is 28.3 Å². The average molecular weight is 723 g/mol. The number of benzene rings is 3. The van der Waals surface area contributed by atoms with Crippen molar-refractivity contribution >= 4 is 74.5 Å². The SMILES string of the molecule is CCN(CC)CCCN(CCCCCC(=O)N1c2ccc(Cl)cc2NC(=O)c2ccccc21)C(=O)c1ccc(NS(C)(=O)=O)cc1.Cl.O. The van der Waals surface area contributed by atoms with E-state index in [1.807, 2.05) is 4.90 Å². The summed E-state index contributed by atoms with van der Waals surface area (Å²) in [7, 11) is -3.42. The van der Waals surface area contributed by atoms with E-state index in [9.17, 15) is 22.8 Å². The van der Waals surface area contributed by atoms with Gasteiger partial charge in [-0.3, -0.25) is 24.0 Å². The molecule has 3 amide bonds. The molecule has 14 heteroatoms. The van der Waals surface area contributed by atoms with E-state index in [0.717, 1.165) is 38.7 Å². The highest BCUT2D eigenvalue weighted by Gasteiger charge is 2.29. The smallest absolute Gasteiger partial charge is 0.257 e. The molecule has 0 atom stereocenters. The minimum Gasteiger partial charge on any atom is -0.412 e. The molecule has 48 heavy (non-hydrogen) atoms. The average Bonchev–Trinajstić information content (AvgIpc) is 3.14. The van der Waals surface area contributed by atoms with E-state index in [-0.39, 0.29) is 42.0 Å². The number of hydrogen-bond acceptors (Lipinski definition) is 6. The van der Waals surface area contributed by atoms with E-state index in [1.165, 1.54) is 0 Å². The van der Waals surface area contributed by atoms with Crippen LogP contribution in [0.1, 0.15) is 66.7 Å². The molecule has 0 saturated carbocycles. The molecule has 11 nitrogen and oxygen atoms in total. The summed E-state index contributed by atoms with van der Waals surface area (Å²) in [6.45, 7) is 8.11. The summed E-state index contributed by atoms with van der Waals surface area (Å²) in [5.41, 5.74) is 2.85. The molecule has 0 unspecified atom stereocenters. The molecule has 0 aromatic heterocycles. The monoisotopic (exact) mass is 721 g/mol. The Hall–Kier alpha value is -3.68. The van der Waals surface area contributed by atoms with Crippen LogP contribution in [0.5, 0.6) is 0 Å². The first-order valence-electron chi connectivity index (χ1n) is 15.6. The van der Waals surface area contributed by atoms with Crippen molar-refractivity contribution in [3.8, 4) is 0 Å². The lowest BCUT2D eigenvalue weighted by molar-refractivity contribution is -0.118. The standard InChI is InChI=1S/C34H42ClN5O5S.ClH.H2O/c1-4-38(5-2)21-11-23-39(34(43)25-15-18-27(19-16-25)37-46(3,44)45)22-10-6-7-14-32(41)40-30-13-9-8-12-28(30)33(42)36-29-24-26(35)17-20-31(29)40;;/h8-9,12-13,15-20,24,37H,4-7,10-11,14,21-23H2,1-3H3,(H,36,42);1H;1H2. The number of nitrogens with one attached hydrogen (secondary N) is 2. The van der Waals surface area contributed by atoms with Crippen LogP contribution in [-0.4, -0.2) is 80.4 Å². The summed E-state index contributed by atoms with van der Waals surface area (Å²) < 4.78 is 25.6. The van der Waals surface area contributed by atoms with Gasteiger partial charge in [0.15, 0.2) is 0 Å². The lowest BCUT2D eigenvalue weighted by Gasteiger charge is -2.25. The molecule has 0 fully saturated rings. The van der Waals surface area contributed by atoms with Crippen LogP contribution in [0.3, 0.4) is 0 Å². The molecule has 262 valence electrons. The number of halogens is 2. The maximum Gasteiger partial charge on any atom is 0.257 e. The molecule has 4 N–H and O–H groups in total. The van der Waals surface area contributed by atoms with Crippen molar-refractivity contribution in [2.45, 2.75) is 46.0 Å².